The molecule has 0 saturated heterocycles. The third kappa shape index (κ3) is 9.33. The maximum Gasteiger partial charge on any atom is 0.317 e. The fraction of sp³-hybridized carbons (Fsp3) is 0.125. The molecule has 6 heteroatoms. The standard InChI is InChI=1S/C8H7N.Cl2O2S/c1-7-2-4-8(6-9)5-3-7;1-5(2,3)4/h2-5H,1H3;. The quantitative estimate of drug-likeness (QED) is 0.667. The summed E-state index contributed by atoms with van der Waals surface area (Å²) in [7, 11) is 4.81. The van der Waals surface area contributed by atoms with Crippen molar-refractivity contribution >= 4 is 29.6 Å². The Morgan fingerprint density at radius 2 is 1.57 bits per heavy atom. The molecule has 0 heterocycles. The van der Waals surface area contributed by atoms with Gasteiger partial charge in [0, 0.05) is 21.4 Å². The molecule has 1 aromatic rings. The molecular formula is C8H7Cl2NO2S. The summed E-state index contributed by atoms with van der Waals surface area (Å²) in [6.45, 7) is 2.00. The van der Waals surface area contributed by atoms with Crippen molar-refractivity contribution in [2.45, 2.75) is 6.92 Å². The molecule has 0 aliphatic carbocycles. The molecule has 0 unspecified atom stereocenters. The molecule has 0 saturated carbocycles. The van der Waals surface area contributed by atoms with Gasteiger partial charge in [0.2, 0.25) is 0 Å². The average Bonchev–Trinajstić information content (AvgIpc) is 2.03. The predicted octanol–water partition coefficient (Wildman–Crippen LogP) is 2.58. The van der Waals surface area contributed by atoms with Crippen LogP contribution in [-0.4, -0.2) is 8.42 Å². The minimum atomic E-state index is -3.72. The van der Waals surface area contributed by atoms with E-state index in [-0.39, 0.29) is 0 Å². The lowest BCUT2D eigenvalue weighted by atomic mass is 10.2. The van der Waals surface area contributed by atoms with Gasteiger partial charge in [-0.1, -0.05) is 17.7 Å². The number of rotatable bonds is 0. The zero-order valence-corrected chi connectivity index (χ0v) is 9.57. The Morgan fingerprint density at radius 1 is 1.21 bits per heavy atom. The van der Waals surface area contributed by atoms with E-state index in [0.717, 1.165) is 5.56 Å². The van der Waals surface area contributed by atoms with Crippen LogP contribution >= 0.6 is 21.4 Å². The van der Waals surface area contributed by atoms with E-state index < -0.39 is 8.26 Å². The normalized spacial score (nSPS) is 9.57. The number of hydrogen-bond acceptors (Lipinski definition) is 3. The molecule has 0 aliphatic rings. The van der Waals surface area contributed by atoms with Crippen LogP contribution in [0.1, 0.15) is 11.1 Å². The lowest BCUT2D eigenvalue weighted by Gasteiger charge is -1.88. The van der Waals surface area contributed by atoms with E-state index in [1.54, 1.807) is 0 Å². The van der Waals surface area contributed by atoms with Crippen molar-refractivity contribution < 1.29 is 8.42 Å². The molecule has 14 heavy (non-hydrogen) atoms. The van der Waals surface area contributed by atoms with Crippen LogP contribution in [0.2, 0.25) is 0 Å². The molecule has 0 amide bonds. The topological polar surface area (TPSA) is 57.9 Å². The number of nitriles is 1. The van der Waals surface area contributed by atoms with E-state index >= 15 is 0 Å². The van der Waals surface area contributed by atoms with Gasteiger partial charge in [0.05, 0.1) is 11.6 Å². The van der Waals surface area contributed by atoms with Gasteiger partial charge < -0.3 is 0 Å². The molecule has 1 rings (SSSR count). The van der Waals surface area contributed by atoms with E-state index in [9.17, 15) is 0 Å². The summed E-state index contributed by atoms with van der Waals surface area (Å²) in [5.74, 6) is 0. The second-order valence-corrected chi connectivity index (χ2v) is 6.02. The summed E-state index contributed by atoms with van der Waals surface area (Å²) < 4.78 is 18.3. The van der Waals surface area contributed by atoms with E-state index in [1.165, 1.54) is 5.56 Å². The summed E-state index contributed by atoms with van der Waals surface area (Å²) in [5.41, 5.74) is 1.91. The Bertz CT molecular complexity index is 412. The first kappa shape index (κ1) is 13.2. The molecular weight excluding hydrogens is 245 g/mol. The highest BCUT2D eigenvalue weighted by Gasteiger charge is 1.88. The lowest BCUT2D eigenvalue weighted by Crippen LogP contribution is -1.72. The fourth-order valence-corrected chi connectivity index (χ4v) is 0.628. The molecule has 3 nitrogen and oxygen atoms in total. The van der Waals surface area contributed by atoms with Gasteiger partial charge in [0.25, 0.3) is 0 Å². The smallest absolute Gasteiger partial charge is 0.195 e. The number of halogens is 2. The molecule has 76 valence electrons. The highest BCUT2D eigenvalue weighted by Crippen LogP contribution is 2.00. The fourth-order valence-electron chi connectivity index (χ4n) is 0.628. The third-order valence-electron chi connectivity index (χ3n) is 1.18. The monoisotopic (exact) mass is 251 g/mol. The van der Waals surface area contributed by atoms with Crippen molar-refractivity contribution in [3.63, 3.8) is 0 Å². The Hall–Kier alpha value is -0.760. The lowest BCUT2D eigenvalue weighted by molar-refractivity contribution is 0.621. The Morgan fingerprint density at radius 3 is 1.86 bits per heavy atom. The van der Waals surface area contributed by atoms with Gasteiger partial charge in [-0.25, -0.2) is 0 Å². The van der Waals surface area contributed by atoms with Crippen LogP contribution in [0.5, 0.6) is 0 Å². The molecule has 0 spiro atoms. The zero-order chi connectivity index (χ0) is 11.2. The minimum absolute atomic E-state index is 0.723. The Kier molecular flexibility index (Phi) is 5.55. The summed E-state index contributed by atoms with van der Waals surface area (Å²) in [6.07, 6.45) is 0. The molecule has 0 aliphatic heterocycles. The molecule has 0 radical (unpaired) electrons. The largest absolute Gasteiger partial charge is 0.317 e. The van der Waals surface area contributed by atoms with E-state index in [4.69, 9.17) is 13.7 Å². The van der Waals surface area contributed by atoms with Crippen LogP contribution in [0, 0.1) is 18.3 Å². The number of nitrogens with zero attached hydrogens (tertiary/aromatic N) is 1. The van der Waals surface area contributed by atoms with Crippen molar-refractivity contribution in [3.05, 3.63) is 35.4 Å². The molecule has 0 bridgehead atoms. The first-order valence-electron chi connectivity index (χ1n) is 3.44. The van der Waals surface area contributed by atoms with E-state index in [0.29, 0.717) is 0 Å². The molecule has 1 aromatic carbocycles. The Labute approximate surface area is 91.8 Å². The van der Waals surface area contributed by atoms with Crippen LogP contribution in [0.3, 0.4) is 0 Å². The summed E-state index contributed by atoms with van der Waals surface area (Å²) in [6, 6.07) is 9.54. The third-order valence-corrected chi connectivity index (χ3v) is 1.18. The van der Waals surface area contributed by atoms with Crippen molar-refractivity contribution in [2.75, 3.05) is 0 Å². The zero-order valence-electron chi connectivity index (χ0n) is 7.24. The Balaban J connectivity index is 0.000000292. The van der Waals surface area contributed by atoms with Crippen molar-refractivity contribution in [3.8, 4) is 6.07 Å². The van der Waals surface area contributed by atoms with E-state index in [2.05, 4.69) is 27.4 Å². The highest BCUT2D eigenvalue weighted by molar-refractivity contribution is 8.31. The first-order chi connectivity index (χ1) is 6.33. The van der Waals surface area contributed by atoms with Gasteiger partial charge >= 0.3 is 8.26 Å². The summed E-state index contributed by atoms with van der Waals surface area (Å²) >= 11 is 0. The van der Waals surface area contributed by atoms with Gasteiger partial charge in [0.15, 0.2) is 0 Å². The molecule has 0 aromatic heterocycles. The first-order valence-corrected chi connectivity index (χ1v) is 6.57. The van der Waals surface area contributed by atoms with Gasteiger partial charge in [-0.15, -0.1) is 0 Å². The summed E-state index contributed by atoms with van der Waals surface area (Å²) in [5, 5.41) is 8.38. The average molecular weight is 252 g/mol. The molecule has 0 fully saturated rings. The van der Waals surface area contributed by atoms with Crippen LogP contribution < -0.4 is 0 Å². The minimum Gasteiger partial charge on any atom is -0.195 e. The predicted molar refractivity (Wildman–Crippen MR) is 56.5 cm³/mol. The maximum absolute atomic E-state index is 9.16. The van der Waals surface area contributed by atoms with Crippen molar-refractivity contribution in [1.82, 2.24) is 0 Å². The molecule has 0 atom stereocenters. The van der Waals surface area contributed by atoms with Crippen LogP contribution in [0.25, 0.3) is 0 Å². The van der Waals surface area contributed by atoms with Crippen LogP contribution in [0.15, 0.2) is 24.3 Å². The second-order valence-electron chi connectivity index (χ2n) is 2.36. The van der Waals surface area contributed by atoms with Crippen LogP contribution in [-0.2, 0) is 8.26 Å². The maximum atomic E-state index is 9.16. The SMILES string of the molecule is Cc1ccc(C#N)cc1.O=S(=O)(Cl)Cl. The van der Waals surface area contributed by atoms with Gasteiger partial charge in [0.1, 0.15) is 0 Å². The van der Waals surface area contributed by atoms with Gasteiger partial charge in [-0.2, -0.15) is 13.7 Å². The van der Waals surface area contributed by atoms with Gasteiger partial charge in [-0.3, -0.25) is 0 Å². The van der Waals surface area contributed by atoms with E-state index in [1.807, 2.05) is 31.2 Å². The second kappa shape index (κ2) is 5.86. The number of hydrogen-bond donors (Lipinski definition) is 0. The number of aryl methyl sites for hydroxylation is 1. The highest BCUT2D eigenvalue weighted by atomic mass is 36.0. The molecule has 0 N–H and O–H groups in total. The van der Waals surface area contributed by atoms with Gasteiger partial charge in [-0.05, 0) is 19.1 Å². The van der Waals surface area contributed by atoms with Crippen molar-refractivity contribution in [1.29, 1.82) is 5.26 Å². The number of benzene rings is 1. The van der Waals surface area contributed by atoms with Crippen molar-refractivity contribution in [2.24, 2.45) is 0 Å². The summed E-state index contributed by atoms with van der Waals surface area (Å²) in [4.78, 5) is 0. The van der Waals surface area contributed by atoms with Crippen LogP contribution in [0.4, 0.5) is 0 Å².